The van der Waals surface area contributed by atoms with Crippen LogP contribution in [0.5, 0.6) is 0 Å². The molecule has 3 heterocycles. The van der Waals surface area contributed by atoms with E-state index in [4.69, 9.17) is 28.4 Å². The van der Waals surface area contributed by atoms with Crippen molar-refractivity contribution in [3.8, 4) is 0 Å². The topological polar surface area (TPSA) is 278 Å². The van der Waals surface area contributed by atoms with Crippen molar-refractivity contribution >= 4 is 0 Å². The summed E-state index contributed by atoms with van der Waals surface area (Å²) in [6.45, 7) is 15.5. The number of hydrogen-bond donors (Lipinski definition) is 11. The molecule has 3 aliphatic heterocycles. The summed E-state index contributed by atoms with van der Waals surface area (Å²) < 4.78 is 35.8. The van der Waals surface area contributed by atoms with Crippen molar-refractivity contribution < 1.29 is 84.6 Å². The van der Waals surface area contributed by atoms with Crippen LogP contribution in [0.3, 0.4) is 0 Å². The number of fused-ring (bicyclic) bond motifs is 2. The molecule has 5 saturated carbocycles. The molecule has 5 aliphatic carbocycles. The Bertz CT molecular complexity index is 1630. The Balaban J connectivity index is 0.954. The van der Waals surface area contributed by atoms with Gasteiger partial charge in [-0.2, -0.15) is 0 Å². The number of hydrogen-bond acceptors (Lipinski definition) is 17. The number of rotatable bonds is 11. The molecule has 0 bridgehead atoms. The lowest BCUT2D eigenvalue weighted by Crippen LogP contribution is -2.65. The number of aliphatic hydroxyl groups is 11. The maximum Gasteiger partial charge on any atom is 0.187 e. The van der Waals surface area contributed by atoms with Gasteiger partial charge in [-0.05, 0) is 117 Å². The highest BCUT2D eigenvalue weighted by Crippen LogP contribution is 2.89. The van der Waals surface area contributed by atoms with Crippen LogP contribution in [0.4, 0.5) is 0 Å². The van der Waals surface area contributed by atoms with E-state index < -0.39 is 121 Å². The summed E-state index contributed by atoms with van der Waals surface area (Å²) in [5.41, 5.74) is -2.87. The SMILES string of the molecule is CC1OC(O[C@H]2C[C@H](O)[C@]34C[C@]35CC[C@]3(C)C([C@H](C)CC[C@H](OC6OCC(O)C(O)C6OC6OCC(O)C(O)C6O)C(C)(C)O)CC[C@@]3(C)C5C(O)CC4C2(C)C)C(O)C(O)C1O. The van der Waals surface area contributed by atoms with Crippen molar-refractivity contribution in [1.29, 1.82) is 0 Å². The molecule has 17 heteroatoms. The van der Waals surface area contributed by atoms with E-state index >= 15 is 0 Å². The Morgan fingerprint density at radius 1 is 0.683 bits per heavy atom. The number of ether oxygens (including phenoxy) is 6. The van der Waals surface area contributed by atoms with Crippen LogP contribution in [0.25, 0.3) is 0 Å². The molecule has 8 aliphatic rings. The Kier molecular flexibility index (Phi) is 13.0. The first-order valence-corrected chi connectivity index (χ1v) is 23.6. The fraction of sp³-hybridized carbons (Fsp3) is 1.00. The van der Waals surface area contributed by atoms with Crippen molar-refractivity contribution in [3.63, 3.8) is 0 Å². The predicted octanol–water partition coefficient (Wildman–Crippen LogP) is 0.0545. The van der Waals surface area contributed by atoms with Gasteiger partial charge >= 0.3 is 0 Å². The Labute approximate surface area is 371 Å². The fourth-order valence-electron chi connectivity index (χ4n) is 15.2. The third-order valence-corrected chi connectivity index (χ3v) is 19.1. The van der Waals surface area contributed by atoms with E-state index in [0.29, 0.717) is 25.7 Å². The van der Waals surface area contributed by atoms with E-state index in [-0.39, 0.29) is 53.1 Å². The molecular formula is C46H78O17. The van der Waals surface area contributed by atoms with E-state index in [0.717, 1.165) is 32.1 Å². The second-order valence-electron chi connectivity index (χ2n) is 23.0. The van der Waals surface area contributed by atoms with Gasteiger partial charge in [0.25, 0.3) is 0 Å². The molecule has 0 amide bonds. The van der Waals surface area contributed by atoms with Crippen LogP contribution in [0.15, 0.2) is 0 Å². The predicted molar refractivity (Wildman–Crippen MR) is 221 cm³/mol. The van der Waals surface area contributed by atoms with E-state index in [9.17, 15) is 56.2 Å². The van der Waals surface area contributed by atoms with Crippen molar-refractivity contribution in [3.05, 3.63) is 0 Å². The van der Waals surface area contributed by atoms with Crippen LogP contribution in [0.2, 0.25) is 0 Å². The minimum atomic E-state index is -1.65. The zero-order chi connectivity index (χ0) is 46.1. The molecule has 0 radical (unpaired) electrons. The van der Waals surface area contributed by atoms with Crippen LogP contribution in [0, 0.1) is 50.7 Å². The fourth-order valence-corrected chi connectivity index (χ4v) is 15.2. The minimum absolute atomic E-state index is 0.0215. The second-order valence-corrected chi connectivity index (χ2v) is 23.0. The molecule has 8 rings (SSSR count). The highest BCUT2D eigenvalue weighted by atomic mass is 16.8. The first-order chi connectivity index (χ1) is 29.3. The van der Waals surface area contributed by atoms with E-state index in [1.54, 1.807) is 20.8 Å². The van der Waals surface area contributed by atoms with Gasteiger partial charge in [0.2, 0.25) is 0 Å². The summed E-state index contributed by atoms with van der Waals surface area (Å²) in [5, 5.41) is 120. The van der Waals surface area contributed by atoms with Gasteiger partial charge < -0.3 is 84.6 Å². The molecule has 0 aromatic rings. The van der Waals surface area contributed by atoms with Gasteiger partial charge in [-0.25, -0.2) is 0 Å². The van der Waals surface area contributed by atoms with Gasteiger partial charge in [0, 0.05) is 11.8 Å². The lowest BCUT2D eigenvalue weighted by atomic mass is 9.40. The van der Waals surface area contributed by atoms with Gasteiger partial charge in [-0.3, -0.25) is 0 Å². The van der Waals surface area contributed by atoms with Gasteiger partial charge in [-0.1, -0.05) is 34.6 Å². The standard InChI is InChI=1S/C46H78O17/c1-20(9-10-28(42(5,6)57)61-40-36(32(53)25(49)18-59-40)63-38-34(55)31(52)24(48)17-58-38)22-11-12-44(8)37-23(47)15-26-41(3,4)29(62-39-35(56)33(54)30(51)21(2)60-39)16-27(50)46(26)19-45(37,46)14-13-43(22,44)7/h20-40,47-57H,9-19H2,1-8H3/t20-,21?,22?,23?,24?,25?,26?,27+,28+,29+,30?,31?,32?,33?,34?,35?,36?,37?,38?,39?,40?,43-,44+,45+,46-/m1/s1. The van der Waals surface area contributed by atoms with Crippen LogP contribution >= 0.6 is 0 Å². The quantitative estimate of drug-likeness (QED) is 0.122. The van der Waals surface area contributed by atoms with Crippen LogP contribution in [-0.4, -0.2) is 179 Å². The smallest absolute Gasteiger partial charge is 0.187 e. The monoisotopic (exact) mass is 903 g/mol. The highest BCUT2D eigenvalue weighted by Gasteiger charge is 2.86. The van der Waals surface area contributed by atoms with Crippen molar-refractivity contribution in [2.75, 3.05) is 13.2 Å². The maximum absolute atomic E-state index is 12.5. The van der Waals surface area contributed by atoms with E-state index in [2.05, 4.69) is 34.6 Å². The summed E-state index contributed by atoms with van der Waals surface area (Å²) in [5.74, 6) is 0.384. The first-order valence-electron chi connectivity index (χ1n) is 23.6. The first kappa shape index (κ1) is 48.8. The zero-order valence-corrected chi connectivity index (χ0v) is 38.3. The van der Waals surface area contributed by atoms with E-state index in [1.165, 1.54) is 0 Å². The van der Waals surface area contributed by atoms with Crippen molar-refractivity contribution in [2.45, 2.75) is 223 Å². The Morgan fingerprint density at radius 2 is 1.32 bits per heavy atom. The summed E-state index contributed by atoms with van der Waals surface area (Å²) in [4.78, 5) is 0. The lowest BCUT2D eigenvalue weighted by Gasteiger charge is -2.65. The van der Waals surface area contributed by atoms with Crippen LogP contribution in [-0.2, 0) is 28.4 Å². The van der Waals surface area contributed by atoms with Gasteiger partial charge in [0.15, 0.2) is 18.9 Å². The third kappa shape index (κ3) is 7.53. The molecule has 11 N–H and O–H groups in total. The van der Waals surface area contributed by atoms with Crippen molar-refractivity contribution in [2.24, 2.45) is 50.7 Å². The summed E-state index contributed by atoms with van der Waals surface area (Å²) in [6, 6.07) is 0. The van der Waals surface area contributed by atoms with Crippen LogP contribution < -0.4 is 0 Å². The minimum Gasteiger partial charge on any atom is -0.393 e. The largest absolute Gasteiger partial charge is 0.393 e. The van der Waals surface area contributed by atoms with Crippen molar-refractivity contribution in [1.82, 2.24) is 0 Å². The average Bonchev–Trinajstić information content (AvgIpc) is 3.81. The third-order valence-electron chi connectivity index (χ3n) is 19.1. The maximum atomic E-state index is 12.5. The molecule has 3 saturated heterocycles. The molecule has 0 aromatic heterocycles. The number of aliphatic hydroxyl groups excluding tert-OH is 10. The summed E-state index contributed by atoms with van der Waals surface area (Å²) in [7, 11) is 0. The highest BCUT2D eigenvalue weighted by molar-refractivity contribution is 5.34. The van der Waals surface area contributed by atoms with Gasteiger partial charge in [0.05, 0.1) is 49.3 Å². The van der Waals surface area contributed by atoms with E-state index in [1.807, 2.05) is 0 Å². The molecule has 2 spiro atoms. The zero-order valence-electron chi connectivity index (χ0n) is 38.3. The normalized spacial score (nSPS) is 55.2. The summed E-state index contributed by atoms with van der Waals surface area (Å²) in [6.07, 6.45) is -13.8. The molecule has 0 aromatic carbocycles. The molecule has 17 unspecified atom stereocenters. The summed E-state index contributed by atoms with van der Waals surface area (Å²) >= 11 is 0. The molecule has 8 fully saturated rings. The second kappa shape index (κ2) is 16.8. The Hall–Kier alpha value is -0.680. The molecule has 364 valence electrons. The average molecular weight is 903 g/mol. The van der Waals surface area contributed by atoms with Crippen LogP contribution in [0.1, 0.15) is 113 Å². The molecule has 17 nitrogen and oxygen atoms in total. The molecule has 63 heavy (non-hydrogen) atoms. The van der Waals surface area contributed by atoms with Gasteiger partial charge in [-0.15, -0.1) is 0 Å². The Morgan fingerprint density at radius 3 is 1.98 bits per heavy atom. The molecule has 25 atom stereocenters. The van der Waals surface area contributed by atoms with Gasteiger partial charge in [0.1, 0.15) is 54.9 Å². The lowest BCUT2D eigenvalue weighted by molar-refractivity contribution is -0.353. The molecular weight excluding hydrogens is 824 g/mol.